The molecule has 0 aliphatic heterocycles. The zero-order valence-electron chi connectivity index (χ0n) is 9.86. The summed E-state index contributed by atoms with van der Waals surface area (Å²) in [7, 11) is 1.64. The molecule has 0 radical (unpaired) electrons. The average molecular weight is 255 g/mol. The van der Waals surface area contributed by atoms with Gasteiger partial charge in [0.15, 0.2) is 5.13 Å². The smallest absolute Gasteiger partial charge is 0.240 e. The second-order valence-corrected chi connectivity index (χ2v) is 4.93. The molecule has 0 unspecified atom stereocenters. The number of nitrogens with zero attached hydrogens (tertiary/aromatic N) is 1. The SMILES string of the molecule is COCCNCC(=O)Nc1nc(C2CC2)cs1. The van der Waals surface area contributed by atoms with Crippen LogP contribution in [0, 0.1) is 0 Å². The molecular weight excluding hydrogens is 238 g/mol. The number of carbonyl (C=O) groups is 1. The molecule has 0 aromatic carbocycles. The second-order valence-electron chi connectivity index (χ2n) is 4.07. The molecule has 6 heteroatoms. The second kappa shape index (κ2) is 6.09. The quantitative estimate of drug-likeness (QED) is 0.719. The van der Waals surface area contributed by atoms with Gasteiger partial charge in [0.2, 0.25) is 5.91 Å². The molecule has 0 atom stereocenters. The normalized spacial score (nSPS) is 14.9. The van der Waals surface area contributed by atoms with Crippen LogP contribution in [0.25, 0.3) is 0 Å². The van der Waals surface area contributed by atoms with Crippen LogP contribution in [-0.2, 0) is 9.53 Å². The van der Waals surface area contributed by atoms with Crippen molar-refractivity contribution in [2.75, 3.05) is 32.1 Å². The Balaban J connectivity index is 1.69. The van der Waals surface area contributed by atoms with E-state index in [2.05, 4.69) is 15.6 Å². The van der Waals surface area contributed by atoms with E-state index >= 15 is 0 Å². The van der Waals surface area contributed by atoms with E-state index in [0.717, 1.165) is 5.69 Å². The highest BCUT2D eigenvalue weighted by atomic mass is 32.1. The lowest BCUT2D eigenvalue weighted by atomic mass is 10.3. The number of carbonyl (C=O) groups excluding carboxylic acids is 1. The van der Waals surface area contributed by atoms with Gasteiger partial charge in [-0.1, -0.05) is 0 Å². The molecule has 2 rings (SSSR count). The summed E-state index contributed by atoms with van der Waals surface area (Å²) in [5.41, 5.74) is 1.12. The first-order valence-electron chi connectivity index (χ1n) is 5.74. The van der Waals surface area contributed by atoms with Crippen molar-refractivity contribution >= 4 is 22.4 Å². The van der Waals surface area contributed by atoms with E-state index < -0.39 is 0 Å². The maximum absolute atomic E-state index is 11.5. The molecular formula is C11H17N3O2S. The Morgan fingerprint density at radius 3 is 3.18 bits per heavy atom. The third kappa shape index (κ3) is 4.07. The Hall–Kier alpha value is -0.980. The van der Waals surface area contributed by atoms with Crippen LogP contribution in [0.5, 0.6) is 0 Å². The number of rotatable bonds is 7. The molecule has 5 nitrogen and oxygen atoms in total. The molecule has 1 aliphatic carbocycles. The van der Waals surface area contributed by atoms with Crippen LogP contribution in [0.1, 0.15) is 24.5 Å². The van der Waals surface area contributed by atoms with E-state index in [9.17, 15) is 4.79 Å². The molecule has 1 aromatic heterocycles. The van der Waals surface area contributed by atoms with E-state index in [1.165, 1.54) is 24.2 Å². The van der Waals surface area contributed by atoms with Crippen molar-refractivity contribution in [1.29, 1.82) is 0 Å². The predicted octanol–water partition coefficient (Wildman–Crippen LogP) is 1.19. The van der Waals surface area contributed by atoms with Crippen molar-refractivity contribution in [3.8, 4) is 0 Å². The largest absolute Gasteiger partial charge is 0.383 e. The van der Waals surface area contributed by atoms with Crippen LogP contribution >= 0.6 is 11.3 Å². The van der Waals surface area contributed by atoms with Gasteiger partial charge in [-0.25, -0.2) is 4.98 Å². The Morgan fingerprint density at radius 2 is 2.47 bits per heavy atom. The summed E-state index contributed by atoms with van der Waals surface area (Å²) in [6.07, 6.45) is 2.46. The van der Waals surface area contributed by atoms with E-state index in [0.29, 0.717) is 30.7 Å². The number of nitrogens with one attached hydrogen (secondary N) is 2. The van der Waals surface area contributed by atoms with Crippen LogP contribution < -0.4 is 10.6 Å². The minimum absolute atomic E-state index is 0.0576. The highest BCUT2D eigenvalue weighted by Gasteiger charge is 2.26. The zero-order valence-corrected chi connectivity index (χ0v) is 10.7. The Bertz CT molecular complexity index is 377. The fourth-order valence-electron chi connectivity index (χ4n) is 1.45. The lowest BCUT2D eigenvalue weighted by Gasteiger charge is -2.03. The van der Waals surface area contributed by atoms with Crippen molar-refractivity contribution < 1.29 is 9.53 Å². The molecule has 1 aliphatic rings. The average Bonchev–Trinajstić information content (AvgIpc) is 3.07. The fourth-order valence-corrected chi connectivity index (χ4v) is 2.26. The molecule has 1 heterocycles. The maximum atomic E-state index is 11.5. The van der Waals surface area contributed by atoms with E-state index in [4.69, 9.17) is 4.74 Å². The third-order valence-electron chi connectivity index (χ3n) is 2.53. The van der Waals surface area contributed by atoms with E-state index in [1.807, 2.05) is 5.38 Å². The van der Waals surface area contributed by atoms with Gasteiger partial charge in [-0.2, -0.15) is 0 Å². The molecule has 1 fully saturated rings. The molecule has 2 N–H and O–H groups in total. The molecule has 1 saturated carbocycles. The first kappa shape index (κ1) is 12.5. The Morgan fingerprint density at radius 1 is 1.65 bits per heavy atom. The Kier molecular flexibility index (Phi) is 4.47. The number of hydrogen-bond acceptors (Lipinski definition) is 5. The summed E-state index contributed by atoms with van der Waals surface area (Å²) in [6.45, 7) is 1.58. The predicted molar refractivity (Wildman–Crippen MR) is 67.5 cm³/mol. The number of aromatic nitrogens is 1. The number of methoxy groups -OCH3 is 1. The standard InChI is InChI=1S/C11H17N3O2S/c1-16-5-4-12-6-10(15)14-11-13-9(7-17-11)8-2-3-8/h7-8,12H,2-6H2,1H3,(H,13,14,15). The van der Waals surface area contributed by atoms with Crippen LogP contribution in [0.15, 0.2) is 5.38 Å². The van der Waals surface area contributed by atoms with Gasteiger partial charge in [0.05, 0.1) is 18.8 Å². The van der Waals surface area contributed by atoms with Gasteiger partial charge in [0.1, 0.15) is 0 Å². The van der Waals surface area contributed by atoms with Crippen LogP contribution in [0.4, 0.5) is 5.13 Å². The number of anilines is 1. The topological polar surface area (TPSA) is 63.2 Å². The summed E-state index contributed by atoms with van der Waals surface area (Å²) in [6, 6.07) is 0. The number of ether oxygens (including phenoxy) is 1. The molecule has 0 saturated heterocycles. The Labute approximate surface area is 105 Å². The molecule has 1 amide bonds. The number of hydrogen-bond donors (Lipinski definition) is 2. The zero-order chi connectivity index (χ0) is 12.1. The van der Waals surface area contributed by atoms with Gasteiger partial charge in [-0.05, 0) is 12.8 Å². The van der Waals surface area contributed by atoms with Gasteiger partial charge in [0.25, 0.3) is 0 Å². The summed E-state index contributed by atoms with van der Waals surface area (Å²) < 4.78 is 4.87. The fraction of sp³-hybridized carbons (Fsp3) is 0.636. The summed E-state index contributed by atoms with van der Waals surface area (Å²) >= 11 is 1.49. The highest BCUT2D eigenvalue weighted by Crippen LogP contribution is 2.40. The van der Waals surface area contributed by atoms with Crippen molar-refractivity contribution in [3.05, 3.63) is 11.1 Å². The maximum Gasteiger partial charge on any atom is 0.240 e. The van der Waals surface area contributed by atoms with Gasteiger partial charge in [0, 0.05) is 25.0 Å². The van der Waals surface area contributed by atoms with Crippen molar-refractivity contribution in [2.24, 2.45) is 0 Å². The van der Waals surface area contributed by atoms with E-state index in [-0.39, 0.29) is 5.91 Å². The van der Waals surface area contributed by atoms with E-state index in [1.54, 1.807) is 7.11 Å². The van der Waals surface area contributed by atoms with Crippen LogP contribution in [0.3, 0.4) is 0 Å². The number of amides is 1. The van der Waals surface area contributed by atoms with Gasteiger partial charge in [-0.15, -0.1) is 11.3 Å². The molecule has 94 valence electrons. The summed E-state index contributed by atoms with van der Waals surface area (Å²) in [5, 5.41) is 8.51. The van der Waals surface area contributed by atoms with Crippen molar-refractivity contribution in [2.45, 2.75) is 18.8 Å². The van der Waals surface area contributed by atoms with Gasteiger partial charge in [-0.3, -0.25) is 4.79 Å². The number of thiazole rings is 1. The van der Waals surface area contributed by atoms with Crippen LogP contribution in [0.2, 0.25) is 0 Å². The lowest BCUT2D eigenvalue weighted by molar-refractivity contribution is -0.115. The van der Waals surface area contributed by atoms with Crippen molar-refractivity contribution in [3.63, 3.8) is 0 Å². The third-order valence-corrected chi connectivity index (χ3v) is 3.31. The first-order valence-corrected chi connectivity index (χ1v) is 6.62. The molecule has 1 aromatic rings. The monoisotopic (exact) mass is 255 g/mol. The van der Waals surface area contributed by atoms with Gasteiger partial charge >= 0.3 is 0 Å². The highest BCUT2D eigenvalue weighted by molar-refractivity contribution is 7.13. The minimum Gasteiger partial charge on any atom is -0.383 e. The minimum atomic E-state index is -0.0576. The molecule has 0 spiro atoms. The van der Waals surface area contributed by atoms with Gasteiger partial charge < -0.3 is 15.4 Å². The first-order chi connectivity index (χ1) is 8.29. The van der Waals surface area contributed by atoms with Crippen molar-refractivity contribution in [1.82, 2.24) is 10.3 Å². The lowest BCUT2D eigenvalue weighted by Crippen LogP contribution is -2.30. The molecule has 0 bridgehead atoms. The van der Waals surface area contributed by atoms with Crippen LogP contribution in [-0.4, -0.2) is 37.7 Å². The molecule has 17 heavy (non-hydrogen) atoms. The summed E-state index contributed by atoms with van der Waals surface area (Å²) in [5.74, 6) is 0.578. The summed E-state index contributed by atoms with van der Waals surface area (Å²) in [4.78, 5) is 15.9.